The predicted molar refractivity (Wildman–Crippen MR) is 120 cm³/mol. The van der Waals surface area contributed by atoms with E-state index >= 15 is 0 Å². The fraction of sp³-hybridized carbons (Fsp3) is 0.348. The summed E-state index contributed by atoms with van der Waals surface area (Å²) in [5.41, 5.74) is 9.37. The van der Waals surface area contributed by atoms with Crippen molar-refractivity contribution < 1.29 is 9.84 Å². The Labute approximate surface area is 181 Å². The number of pyridine rings is 1. The fourth-order valence-corrected chi connectivity index (χ4v) is 3.99. The Morgan fingerprint density at radius 1 is 0.968 bits per heavy atom. The molecule has 2 aliphatic rings. The summed E-state index contributed by atoms with van der Waals surface area (Å²) in [4.78, 5) is 8.92. The molecule has 2 aromatic heterocycles. The number of para-hydroxylation sites is 1. The second-order valence-corrected chi connectivity index (χ2v) is 8.01. The van der Waals surface area contributed by atoms with E-state index in [1.54, 1.807) is 12.1 Å². The molecule has 3 aromatic rings. The molecule has 1 aliphatic carbocycles. The first-order valence-electron chi connectivity index (χ1n) is 10.7. The van der Waals surface area contributed by atoms with Gasteiger partial charge in [-0.3, -0.25) is 0 Å². The van der Waals surface area contributed by atoms with Crippen LogP contribution in [0.15, 0.2) is 48.7 Å². The van der Waals surface area contributed by atoms with Crippen molar-refractivity contribution in [2.75, 3.05) is 41.7 Å². The van der Waals surface area contributed by atoms with E-state index in [2.05, 4.69) is 25.0 Å². The monoisotopic (exact) mass is 418 g/mol. The van der Waals surface area contributed by atoms with Gasteiger partial charge in [0.25, 0.3) is 0 Å². The summed E-state index contributed by atoms with van der Waals surface area (Å²) in [5, 5.41) is 18.5. The van der Waals surface area contributed by atoms with Gasteiger partial charge in [0.1, 0.15) is 11.9 Å². The van der Waals surface area contributed by atoms with Gasteiger partial charge in [-0.15, -0.1) is 10.2 Å². The second kappa shape index (κ2) is 8.29. The molecule has 0 atom stereocenters. The van der Waals surface area contributed by atoms with E-state index < -0.39 is 0 Å². The summed E-state index contributed by atoms with van der Waals surface area (Å²) in [6.45, 7) is 3.30. The van der Waals surface area contributed by atoms with Crippen LogP contribution in [0.4, 0.5) is 17.2 Å². The molecule has 8 nitrogen and oxygen atoms in total. The molecule has 3 heterocycles. The molecule has 0 radical (unpaired) electrons. The van der Waals surface area contributed by atoms with Crippen molar-refractivity contribution in [1.82, 2.24) is 15.2 Å². The Balaban J connectivity index is 1.29. The highest BCUT2D eigenvalue weighted by molar-refractivity contribution is 5.74. The number of nitrogens with two attached hydrogens (primary N) is 1. The van der Waals surface area contributed by atoms with E-state index in [4.69, 9.17) is 10.5 Å². The van der Waals surface area contributed by atoms with E-state index in [0.717, 1.165) is 50.4 Å². The van der Waals surface area contributed by atoms with Crippen LogP contribution in [0.25, 0.3) is 11.3 Å². The molecule has 0 spiro atoms. The largest absolute Gasteiger partial charge is 0.507 e. The average Bonchev–Trinajstić information content (AvgIpc) is 2.78. The smallest absolute Gasteiger partial charge is 0.215 e. The highest BCUT2D eigenvalue weighted by atomic mass is 16.5. The number of anilines is 3. The number of rotatable bonds is 5. The minimum absolute atomic E-state index is 0.176. The zero-order valence-corrected chi connectivity index (χ0v) is 17.3. The number of phenolic OH excluding ortho intramolecular Hbond substituents is 1. The van der Waals surface area contributed by atoms with Gasteiger partial charge in [0.15, 0.2) is 5.82 Å². The average molecular weight is 419 g/mol. The van der Waals surface area contributed by atoms with Crippen LogP contribution in [-0.2, 0) is 0 Å². The van der Waals surface area contributed by atoms with Gasteiger partial charge in [0, 0.05) is 49.7 Å². The SMILES string of the molecule is Nc1nnc(-c2ccccc2O)cc1N1CCN(c2ccnc(OC3CCC3)c2)CC1. The van der Waals surface area contributed by atoms with Gasteiger partial charge in [0.05, 0.1) is 11.4 Å². The van der Waals surface area contributed by atoms with E-state index in [-0.39, 0.29) is 5.75 Å². The van der Waals surface area contributed by atoms with Crippen LogP contribution >= 0.6 is 0 Å². The summed E-state index contributed by atoms with van der Waals surface area (Å²) >= 11 is 0. The zero-order valence-electron chi connectivity index (χ0n) is 17.3. The van der Waals surface area contributed by atoms with Gasteiger partial charge >= 0.3 is 0 Å². The topological polar surface area (TPSA) is 101 Å². The Morgan fingerprint density at radius 2 is 1.74 bits per heavy atom. The second-order valence-electron chi connectivity index (χ2n) is 8.01. The van der Waals surface area contributed by atoms with E-state index in [1.807, 2.05) is 36.5 Å². The Kier molecular flexibility index (Phi) is 5.19. The number of phenols is 1. The maximum Gasteiger partial charge on any atom is 0.215 e. The van der Waals surface area contributed by atoms with Gasteiger partial charge in [-0.25, -0.2) is 4.98 Å². The van der Waals surface area contributed by atoms with Crippen molar-refractivity contribution in [3.63, 3.8) is 0 Å². The zero-order chi connectivity index (χ0) is 21.2. The number of nitrogen functional groups attached to an aromatic ring is 1. The van der Waals surface area contributed by atoms with Gasteiger partial charge < -0.3 is 25.4 Å². The fourth-order valence-electron chi connectivity index (χ4n) is 3.99. The molecule has 0 bridgehead atoms. The minimum Gasteiger partial charge on any atom is -0.507 e. The molecule has 0 amide bonds. The normalized spacial score (nSPS) is 16.8. The van der Waals surface area contributed by atoms with Crippen LogP contribution in [0.3, 0.4) is 0 Å². The number of benzene rings is 1. The summed E-state index contributed by atoms with van der Waals surface area (Å²) in [7, 11) is 0. The van der Waals surface area contributed by atoms with Crippen LogP contribution in [0.1, 0.15) is 19.3 Å². The molecule has 0 unspecified atom stereocenters. The number of hydrogen-bond acceptors (Lipinski definition) is 8. The molecule has 5 rings (SSSR count). The Bertz CT molecular complexity index is 1060. The molecule has 1 aromatic carbocycles. The number of ether oxygens (including phenoxy) is 1. The first kappa shape index (κ1) is 19.4. The number of hydrogen-bond donors (Lipinski definition) is 2. The van der Waals surface area contributed by atoms with Crippen molar-refractivity contribution in [3.8, 4) is 22.9 Å². The predicted octanol–water partition coefficient (Wildman–Crippen LogP) is 3.08. The number of piperazine rings is 1. The first-order valence-corrected chi connectivity index (χ1v) is 10.7. The maximum absolute atomic E-state index is 10.2. The third-order valence-electron chi connectivity index (χ3n) is 6.02. The van der Waals surface area contributed by atoms with Gasteiger partial charge in [-0.2, -0.15) is 0 Å². The lowest BCUT2D eigenvalue weighted by Gasteiger charge is -2.37. The summed E-state index contributed by atoms with van der Waals surface area (Å²) in [6, 6.07) is 13.1. The molecule has 31 heavy (non-hydrogen) atoms. The van der Waals surface area contributed by atoms with Crippen LogP contribution in [0.2, 0.25) is 0 Å². The maximum atomic E-state index is 10.2. The van der Waals surface area contributed by atoms with Gasteiger partial charge in [0.2, 0.25) is 5.88 Å². The standard InChI is InChI=1S/C23H26N6O2/c24-23-20(15-19(26-27-23)18-6-1-2-7-21(18)30)29-12-10-28(11-13-29)16-8-9-25-22(14-16)31-17-4-3-5-17/h1-2,6-9,14-15,17,30H,3-5,10-13H2,(H2,24,27). The van der Waals surface area contributed by atoms with Crippen LogP contribution in [-0.4, -0.2) is 52.6 Å². The number of aromatic hydroxyl groups is 1. The van der Waals surface area contributed by atoms with Crippen molar-refractivity contribution in [3.05, 3.63) is 48.7 Å². The van der Waals surface area contributed by atoms with Crippen LogP contribution < -0.4 is 20.3 Å². The van der Waals surface area contributed by atoms with Crippen molar-refractivity contribution in [1.29, 1.82) is 0 Å². The molecular formula is C23H26N6O2. The molecule has 1 saturated heterocycles. The molecule has 1 saturated carbocycles. The van der Waals surface area contributed by atoms with Gasteiger partial charge in [-0.1, -0.05) is 12.1 Å². The molecular weight excluding hydrogens is 392 g/mol. The van der Waals surface area contributed by atoms with Crippen molar-refractivity contribution in [2.45, 2.75) is 25.4 Å². The Hall–Kier alpha value is -3.55. The molecule has 160 valence electrons. The molecule has 3 N–H and O–H groups in total. The minimum atomic E-state index is 0.176. The summed E-state index contributed by atoms with van der Waals surface area (Å²) in [5.74, 6) is 1.28. The summed E-state index contributed by atoms with van der Waals surface area (Å²) < 4.78 is 5.95. The Morgan fingerprint density at radius 3 is 2.48 bits per heavy atom. The molecule has 2 fully saturated rings. The lowest BCUT2D eigenvalue weighted by Crippen LogP contribution is -2.46. The third kappa shape index (κ3) is 4.05. The lowest BCUT2D eigenvalue weighted by atomic mass is 9.96. The number of aromatic nitrogens is 3. The molecule has 1 aliphatic heterocycles. The van der Waals surface area contributed by atoms with Crippen molar-refractivity contribution in [2.24, 2.45) is 0 Å². The third-order valence-corrected chi connectivity index (χ3v) is 6.02. The number of nitrogens with zero attached hydrogens (tertiary/aromatic N) is 5. The van der Waals surface area contributed by atoms with Crippen molar-refractivity contribution >= 4 is 17.2 Å². The first-order chi connectivity index (χ1) is 15.2. The van der Waals surface area contributed by atoms with Crippen LogP contribution in [0, 0.1) is 0 Å². The van der Waals surface area contributed by atoms with E-state index in [1.165, 1.54) is 6.42 Å². The lowest BCUT2D eigenvalue weighted by molar-refractivity contribution is 0.114. The van der Waals surface area contributed by atoms with E-state index in [0.29, 0.717) is 29.1 Å². The highest BCUT2D eigenvalue weighted by Gasteiger charge is 2.23. The quantitative estimate of drug-likeness (QED) is 0.652. The highest BCUT2D eigenvalue weighted by Crippen LogP contribution is 2.32. The van der Waals surface area contributed by atoms with Crippen LogP contribution in [0.5, 0.6) is 11.6 Å². The summed E-state index contributed by atoms with van der Waals surface area (Å²) in [6.07, 6.45) is 5.62. The van der Waals surface area contributed by atoms with Gasteiger partial charge in [-0.05, 0) is 43.5 Å². The molecule has 8 heteroatoms. The van der Waals surface area contributed by atoms with E-state index in [9.17, 15) is 5.11 Å².